The van der Waals surface area contributed by atoms with Crippen molar-refractivity contribution in [3.05, 3.63) is 88.5 Å². The maximum absolute atomic E-state index is 13.3. The van der Waals surface area contributed by atoms with Gasteiger partial charge in [0.1, 0.15) is 23.0 Å². The first-order valence-electron chi connectivity index (χ1n) is 10.9. The van der Waals surface area contributed by atoms with Crippen LogP contribution in [0, 0.1) is 0 Å². The first kappa shape index (κ1) is 24.2. The van der Waals surface area contributed by atoms with E-state index in [2.05, 4.69) is 0 Å². The summed E-state index contributed by atoms with van der Waals surface area (Å²) in [6, 6.07) is 16.7. The maximum atomic E-state index is 13.3. The summed E-state index contributed by atoms with van der Waals surface area (Å²) in [5.74, 6) is -1.05. The molecule has 1 aliphatic rings. The lowest BCUT2D eigenvalue weighted by atomic mass is 9.95. The van der Waals surface area contributed by atoms with E-state index in [1.807, 2.05) is 13.8 Å². The zero-order valence-corrected chi connectivity index (χ0v) is 20.1. The van der Waals surface area contributed by atoms with Crippen molar-refractivity contribution in [3.63, 3.8) is 0 Å². The van der Waals surface area contributed by atoms with Gasteiger partial charge in [0.05, 0.1) is 29.9 Å². The number of carbonyl (C=O) groups excluding carboxylic acids is 2. The van der Waals surface area contributed by atoms with Crippen LogP contribution >= 0.6 is 11.6 Å². The van der Waals surface area contributed by atoms with Crippen LogP contribution in [0.3, 0.4) is 0 Å². The molecule has 180 valence electrons. The van der Waals surface area contributed by atoms with Gasteiger partial charge in [-0.05, 0) is 67.9 Å². The van der Waals surface area contributed by atoms with Crippen LogP contribution < -0.4 is 14.4 Å². The lowest BCUT2D eigenvalue weighted by molar-refractivity contribution is -0.132. The number of anilines is 1. The molecule has 1 saturated heterocycles. The Bertz CT molecular complexity index is 1320. The fraction of sp³-hybridized carbons (Fsp3) is 0.185. The molecule has 0 bridgehead atoms. The van der Waals surface area contributed by atoms with Crippen molar-refractivity contribution in [2.45, 2.75) is 26.0 Å². The van der Waals surface area contributed by atoms with Gasteiger partial charge in [-0.2, -0.15) is 0 Å². The number of phenols is 1. The van der Waals surface area contributed by atoms with E-state index in [1.165, 1.54) is 24.1 Å². The Morgan fingerprint density at radius 2 is 1.71 bits per heavy atom. The monoisotopic (exact) mass is 493 g/mol. The molecular formula is C27H24ClNO6. The summed E-state index contributed by atoms with van der Waals surface area (Å²) in [4.78, 5) is 27.8. The molecule has 0 radical (unpaired) electrons. The van der Waals surface area contributed by atoms with Crippen LogP contribution in [-0.4, -0.2) is 35.1 Å². The summed E-state index contributed by atoms with van der Waals surface area (Å²) < 4.78 is 10.9. The molecule has 0 spiro atoms. The van der Waals surface area contributed by atoms with Crippen molar-refractivity contribution >= 4 is 34.7 Å². The van der Waals surface area contributed by atoms with Crippen molar-refractivity contribution in [1.82, 2.24) is 0 Å². The standard InChI is InChI=1S/C27H24ClNO6/c1-15(2)35-20-6-4-5-17(13-20)25(31)23-24(16-7-12-22(30)21(28)14-16)29(27(33)26(23)32)18-8-10-19(34-3)11-9-18/h4-15,24,30-31H,1-3H3/b25-23-. The molecule has 3 aromatic rings. The van der Waals surface area contributed by atoms with Gasteiger partial charge >= 0.3 is 0 Å². The van der Waals surface area contributed by atoms with Gasteiger partial charge in [-0.25, -0.2) is 0 Å². The molecule has 2 N–H and O–H groups in total. The summed E-state index contributed by atoms with van der Waals surface area (Å²) in [7, 11) is 1.52. The number of methoxy groups -OCH3 is 1. The molecule has 1 heterocycles. The van der Waals surface area contributed by atoms with Gasteiger partial charge in [-0.1, -0.05) is 29.8 Å². The molecule has 4 rings (SSSR count). The molecule has 1 unspecified atom stereocenters. The van der Waals surface area contributed by atoms with E-state index in [0.29, 0.717) is 28.3 Å². The Balaban J connectivity index is 1.91. The molecule has 1 fully saturated rings. The first-order chi connectivity index (χ1) is 16.7. The number of halogens is 1. The van der Waals surface area contributed by atoms with Gasteiger partial charge in [0.15, 0.2) is 0 Å². The second kappa shape index (κ2) is 9.72. The molecule has 1 atom stereocenters. The molecule has 35 heavy (non-hydrogen) atoms. The van der Waals surface area contributed by atoms with Crippen molar-refractivity contribution < 1.29 is 29.3 Å². The van der Waals surface area contributed by atoms with Gasteiger partial charge in [-0.15, -0.1) is 0 Å². The van der Waals surface area contributed by atoms with Crippen molar-refractivity contribution in [3.8, 4) is 17.2 Å². The van der Waals surface area contributed by atoms with E-state index in [-0.39, 0.29) is 28.2 Å². The highest BCUT2D eigenvalue weighted by molar-refractivity contribution is 6.51. The van der Waals surface area contributed by atoms with E-state index in [1.54, 1.807) is 54.6 Å². The van der Waals surface area contributed by atoms with Crippen LogP contribution in [0.1, 0.15) is 31.0 Å². The van der Waals surface area contributed by atoms with Crippen LogP contribution in [0.4, 0.5) is 5.69 Å². The van der Waals surface area contributed by atoms with Crippen molar-refractivity contribution in [1.29, 1.82) is 0 Å². The zero-order chi connectivity index (χ0) is 25.3. The molecule has 1 amide bonds. The highest BCUT2D eigenvalue weighted by Gasteiger charge is 2.47. The predicted molar refractivity (Wildman–Crippen MR) is 133 cm³/mol. The highest BCUT2D eigenvalue weighted by atomic mass is 35.5. The average molecular weight is 494 g/mol. The number of amides is 1. The number of hydrogen-bond acceptors (Lipinski definition) is 6. The predicted octanol–water partition coefficient (Wildman–Crippen LogP) is 5.47. The number of Topliss-reactive ketones (excluding diaryl/α,β-unsaturated/α-hetero) is 1. The molecular weight excluding hydrogens is 470 g/mol. The molecule has 0 aromatic heterocycles. The maximum Gasteiger partial charge on any atom is 0.300 e. The Labute approximate surface area is 207 Å². The first-order valence-corrected chi connectivity index (χ1v) is 11.3. The number of aromatic hydroxyl groups is 1. The number of aliphatic hydroxyl groups excluding tert-OH is 1. The van der Waals surface area contributed by atoms with E-state index in [9.17, 15) is 19.8 Å². The average Bonchev–Trinajstić information content (AvgIpc) is 3.10. The number of aliphatic hydroxyl groups is 1. The Kier molecular flexibility index (Phi) is 6.71. The van der Waals surface area contributed by atoms with Crippen LogP contribution in [0.5, 0.6) is 17.2 Å². The third-order valence-corrected chi connectivity index (χ3v) is 5.86. The minimum atomic E-state index is -0.990. The molecule has 1 aliphatic heterocycles. The zero-order valence-electron chi connectivity index (χ0n) is 19.4. The van der Waals surface area contributed by atoms with Crippen molar-refractivity contribution in [2.24, 2.45) is 0 Å². The molecule has 8 heteroatoms. The van der Waals surface area contributed by atoms with Crippen LogP contribution in [0.25, 0.3) is 5.76 Å². The summed E-state index contributed by atoms with van der Waals surface area (Å²) >= 11 is 6.16. The van der Waals surface area contributed by atoms with Gasteiger partial charge in [0.25, 0.3) is 11.7 Å². The minimum absolute atomic E-state index is 0.0511. The largest absolute Gasteiger partial charge is 0.507 e. The SMILES string of the molecule is COc1ccc(N2C(=O)C(=O)/C(=C(\O)c3cccc(OC(C)C)c3)C2c2ccc(O)c(Cl)c2)cc1. The normalized spacial score (nSPS) is 17.2. The van der Waals surface area contributed by atoms with Crippen molar-refractivity contribution in [2.75, 3.05) is 12.0 Å². The summed E-state index contributed by atoms with van der Waals surface area (Å²) in [5.41, 5.74) is 1.09. The van der Waals surface area contributed by atoms with E-state index < -0.39 is 17.7 Å². The van der Waals surface area contributed by atoms with E-state index >= 15 is 0 Å². The van der Waals surface area contributed by atoms with E-state index in [4.69, 9.17) is 21.1 Å². The molecule has 7 nitrogen and oxygen atoms in total. The van der Waals surface area contributed by atoms with Crippen LogP contribution in [0.15, 0.2) is 72.3 Å². The number of carbonyl (C=O) groups is 2. The highest BCUT2D eigenvalue weighted by Crippen LogP contribution is 2.44. The fourth-order valence-electron chi connectivity index (χ4n) is 3.99. The second-order valence-corrected chi connectivity index (χ2v) is 8.68. The number of ether oxygens (including phenoxy) is 2. The number of ketones is 1. The van der Waals surface area contributed by atoms with Gasteiger partial charge in [-0.3, -0.25) is 14.5 Å². The molecule has 3 aromatic carbocycles. The Morgan fingerprint density at radius 1 is 1.00 bits per heavy atom. The van der Waals surface area contributed by atoms with Crippen LogP contribution in [0.2, 0.25) is 5.02 Å². The number of rotatable bonds is 6. The van der Waals surface area contributed by atoms with E-state index in [0.717, 1.165) is 0 Å². The quantitative estimate of drug-likeness (QED) is 0.268. The second-order valence-electron chi connectivity index (χ2n) is 8.27. The number of benzene rings is 3. The smallest absolute Gasteiger partial charge is 0.300 e. The van der Waals surface area contributed by atoms with Crippen LogP contribution in [-0.2, 0) is 9.59 Å². The third-order valence-electron chi connectivity index (χ3n) is 5.56. The summed E-state index contributed by atoms with van der Waals surface area (Å²) in [6.45, 7) is 3.75. The lowest BCUT2D eigenvalue weighted by Crippen LogP contribution is -2.29. The molecule has 0 aliphatic carbocycles. The number of phenolic OH excluding ortho intramolecular Hbond substituents is 1. The summed E-state index contributed by atoms with van der Waals surface area (Å²) in [5, 5.41) is 21.3. The van der Waals surface area contributed by atoms with Gasteiger partial charge in [0.2, 0.25) is 0 Å². The topological polar surface area (TPSA) is 96.3 Å². The lowest BCUT2D eigenvalue weighted by Gasteiger charge is -2.26. The minimum Gasteiger partial charge on any atom is -0.507 e. The van der Waals surface area contributed by atoms with Gasteiger partial charge in [0, 0.05) is 11.3 Å². The molecule has 0 saturated carbocycles. The summed E-state index contributed by atoms with van der Waals surface area (Å²) in [6.07, 6.45) is -0.0906. The Hall–Kier alpha value is -3.97. The Morgan fingerprint density at radius 3 is 2.34 bits per heavy atom. The fourth-order valence-corrected chi connectivity index (χ4v) is 4.18. The number of nitrogens with zero attached hydrogens (tertiary/aromatic N) is 1. The van der Waals surface area contributed by atoms with Gasteiger partial charge < -0.3 is 19.7 Å². The third kappa shape index (κ3) is 4.68. The number of hydrogen-bond donors (Lipinski definition) is 2.